The fourth-order valence-corrected chi connectivity index (χ4v) is 5.04. The van der Waals surface area contributed by atoms with Crippen LogP contribution in [-0.2, 0) is 10.0 Å². The van der Waals surface area contributed by atoms with Crippen molar-refractivity contribution in [2.45, 2.75) is 38.0 Å². The first-order valence-electron chi connectivity index (χ1n) is 10.4. The van der Waals surface area contributed by atoms with E-state index < -0.39 is 10.0 Å². The number of hydrogen-bond donors (Lipinski definition) is 2. The lowest BCUT2D eigenvalue weighted by atomic mass is 9.94. The van der Waals surface area contributed by atoms with E-state index in [1.165, 1.54) is 6.07 Å². The SMILES string of the molecule is Cc1ccc(NS(=O)(=O)c2cc(C(=O)NCCC3CCN(C)CC3)ccc2C)cc1. The van der Waals surface area contributed by atoms with Crippen LogP contribution in [0.25, 0.3) is 0 Å². The third-order valence-corrected chi connectivity index (χ3v) is 7.24. The molecule has 162 valence electrons. The number of benzene rings is 2. The Hall–Kier alpha value is -2.38. The number of nitrogens with one attached hydrogen (secondary N) is 2. The summed E-state index contributed by atoms with van der Waals surface area (Å²) in [5, 5.41) is 2.94. The van der Waals surface area contributed by atoms with Crippen molar-refractivity contribution in [1.29, 1.82) is 0 Å². The second-order valence-corrected chi connectivity index (χ2v) is 9.89. The molecule has 0 bridgehead atoms. The molecule has 2 N–H and O–H groups in total. The van der Waals surface area contributed by atoms with Gasteiger partial charge in [-0.1, -0.05) is 23.8 Å². The van der Waals surface area contributed by atoms with Gasteiger partial charge in [0.05, 0.1) is 4.90 Å². The molecular formula is C23H31N3O3S. The zero-order valence-electron chi connectivity index (χ0n) is 17.9. The molecule has 7 heteroatoms. The van der Waals surface area contributed by atoms with Gasteiger partial charge < -0.3 is 10.2 Å². The molecule has 3 rings (SSSR count). The van der Waals surface area contributed by atoms with Crippen LogP contribution >= 0.6 is 0 Å². The van der Waals surface area contributed by atoms with Gasteiger partial charge in [-0.05, 0) is 89.0 Å². The summed E-state index contributed by atoms with van der Waals surface area (Å²) in [5.41, 5.74) is 2.49. The molecule has 0 unspecified atom stereocenters. The first-order valence-corrected chi connectivity index (χ1v) is 11.9. The zero-order chi connectivity index (χ0) is 21.7. The van der Waals surface area contributed by atoms with Crippen LogP contribution in [-0.4, -0.2) is 45.9 Å². The smallest absolute Gasteiger partial charge is 0.262 e. The van der Waals surface area contributed by atoms with Gasteiger partial charge in [-0.25, -0.2) is 8.42 Å². The van der Waals surface area contributed by atoms with E-state index in [0.29, 0.717) is 29.3 Å². The van der Waals surface area contributed by atoms with Gasteiger partial charge in [0, 0.05) is 17.8 Å². The molecule has 1 heterocycles. The number of anilines is 1. The van der Waals surface area contributed by atoms with Gasteiger partial charge in [0.15, 0.2) is 0 Å². The van der Waals surface area contributed by atoms with Crippen molar-refractivity contribution in [3.63, 3.8) is 0 Å². The van der Waals surface area contributed by atoms with Gasteiger partial charge in [0.25, 0.3) is 15.9 Å². The Bertz CT molecular complexity index is 979. The zero-order valence-corrected chi connectivity index (χ0v) is 18.8. The van der Waals surface area contributed by atoms with E-state index in [9.17, 15) is 13.2 Å². The molecule has 6 nitrogen and oxygen atoms in total. The van der Waals surface area contributed by atoms with Gasteiger partial charge in [0.2, 0.25) is 0 Å². The molecule has 0 atom stereocenters. The average molecular weight is 430 g/mol. The van der Waals surface area contributed by atoms with E-state index in [1.54, 1.807) is 31.2 Å². The number of nitrogens with zero attached hydrogens (tertiary/aromatic N) is 1. The van der Waals surface area contributed by atoms with E-state index in [-0.39, 0.29) is 10.8 Å². The molecule has 1 amide bonds. The van der Waals surface area contributed by atoms with Crippen LogP contribution < -0.4 is 10.0 Å². The summed E-state index contributed by atoms with van der Waals surface area (Å²) in [6.07, 6.45) is 3.26. The molecule has 2 aromatic carbocycles. The summed E-state index contributed by atoms with van der Waals surface area (Å²) in [6.45, 7) is 6.48. The predicted molar refractivity (Wildman–Crippen MR) is 120 cm³/mol. The molecular weight excluding hydrogens is 398 g/mol. The minimum absolute atomic E-state index is 0.117. The van der Waals surface area contributed by atoms with E-state index in [1.807, 2.05) is 19.1 Å². The van der Waals surface area contributed by atoms with Gasteiger partial charge in [-0.3, -0.25) is 9.52 Å². The van der Waals surface area contributed by atoms with Crippen LogP contribution in [0.3, 0.4) is 0 Å². The summed E-state index contributed by atoms with van der Waals surface area (Å²) in [6, 6.07) is 11.9. The minimum Gasteiger partial charge on any atom is -0.352 e. The molecule has 0 saturated carbocycles. The van der Waals surface area contributed by atoms with Gasteiger partial charge in [-0.15, -0.1) is 0 Å². The summed E-state index contributed by atoms with van der Waals surface area (Å²) in [7, 11) is -1.66. The van der Waals surface area contributed by atoms with Crippen LogP contribution in [0.5, 0.6) is 0 Å². The second kappa shape index (κ2) is 9.62. The van der Waals surface area contributed by atoms with Crippen molar-refractivity contribution in [1.82, 2.24) is 10.2 Å². The Labute approximate surface area is 179 Å². The lowest BCUT2D eigenvalue weighted by molar-refractivity contribution is 0.0948. The largest absolute Gasteiger partial charge is 0.352 e. The van der Waals surface area contributed by atoms with E-state index in [2.05, 4.69) is 22.0 Å². The van der Waals surface area contributed by atoms with Gasteiger partial charge in [0.1, 0.15) is 0 Å². The second-order valence-electron chi connectivity index (χ2n) is 8.24. The Morgan fingerprint density at radius 3 is 2.40 bits per heavy atom. The fourth-order valence-electron chi connectivity index (χ4n) is 3.71. The number of carbonyl (C=O) groups excluding carboxylic acids is 1. The van der Waals surface area contributed by atoms with Crippen LogP contribution in [0.2, 0.25) is 0 Å². The Kier molecular flexibility index (Phi) is 7.15. The van der Waals surface area contributed by atoms with Gasteiger partial charge >= 0.3 is 0 Å². The summed E-state index contributed by atoms with van der Waals surface area (Å²) in [4.78, 5) is 15.0. The molecule has 0 radical (unpaired) electrons. The summed E-state index contributed by atoms with van der Waals surface area (Å²) in [5.74, 6) is 0.392. The number of rotatable bonds is 7. The van der Waals surface area contributed by atoms with Crippen molar-refractivity contribution in [2.75, 3.05) is 31.4 Å². The first kappa shape index (κ1) is 22.3. The van der Waals surface area contributed by atoms with Crippen molar-refractivity contribution >= 4 is 21.6 Å². The molecule has 0 aromatic heterocycles. The number of likely N-dealkylation sites (tertiary alicyclic amines) is 1. The maximum atomic E-state index is 12.9. The number of amides is 1. The van der Waals surface area contributed by atoms with E-state index in [0.717, 1.165) is 37.9 Å². The molecule has 1 aliphatic heterocycles. The van der Waals surface area contributed by atoms with E-state index >= 15 is 0 Å². The quantitative estimate of drug-likeness (QED) is 0.705. The monoisotopic (exact) mass is 429 g/mol. The lowest BCUT2D eigenvalue weighted by Gasteiger charge is -2.28. The summed E-state index contributed by atoms with van der Waals surface area (Å²) < 4.78 is 28.4. The number of sulfonamides is 1. The molecule has 0 spiro atoms. The number of hydrogen-bond acceptors (Lipinski definition) is 4. The van der Waals surface area contributed by atoms with Crippen LogP contribution in [0.1, 0.15) is 40.7 Å². The average Bonchev–Trinajstić information content (AvgIpc) is 2.71. The summed E-state index contributed by atoms with van der Waals surface area (Å²) >= 11 is 0. The molecule has 1 aliphatic rings. The van der Waals surface area contributed by atoms with Crippen LogP contribution in [0.15, 0.2) is 47.4 Å². The van der Waals surface area contributed by atoms with Crippen molar-refractivity contribution in [3.8, 4) is 0 Å². The molecule has 30 heavy (non-hydrogen) atoms. The first-order chi connectivity index (χ1) is 14.2. The highest BCUT2D eigenvalue weighted by molar-refractivity contribution is 7.92. The van der Waals surface area contributed by atoms with Crippen molar-refractivity contribution in [3.05, 3.63) is 59.2 Å². The minimum atomic E-state index is -3.79. The number of piperidine rings is 1. The fraction of sp³-hybridized carbons (Fsp3) is 0.435. The van der Waals surface area contributed by atoms with Gasteiger partial charge in [-0.2, -0.15) is 0 Å². The number of aryl methyl sites for hydroxylation is 2. The van der Waals surface area contributed by atoms with Crippen LogP contribution in [0, 0.1) is 19.8 Å². The normalized spacial score (nSPS) is 15.7. The molecule has 2 aromatic rings. The highest BCUT2D eigenvalue weighted by Gasteiger charge is 2.20. The molecule has 0 aliphatic carbocycles. The standard InChI is InChI=1S/C23H31N3O3S/c1-17-4-8-21(9-5-17)25-30(28,29)22-16-20(7-6-18(22)2)23(27)24-13-10-19-11-14-26(3)15-12-19/h4-9,16,19,25H,10-15H2,1-3H3,(H,24,27). The van der Waals surface area contributed by atoms with Crippen molar-refractivity contribution < 1.29 is 13.2 Å². The Balaban J connectivity index is 1.64. The maximum Gasteiger partial charge on any atom is 0.262 e. The lowest BCUT2D eigenvalue weighted by Crippen LogP contribution is -2.32. The topological polar surface area (TPSA) is 78.5 Å². The maximum absolute atomic E-state index is 12.9. The third-order valence-electron chi connectivity index (χ3n) is 5.72. The third kappa shape index (κ3) is 5.83. The predicted octanol–water partition coefficient (Wildman–Crippen LogP) is 3.57. The highest BCUT2D eigenvalue weighted by atomic mass is 32.2. The van der Waals surface area contributed by atoms with Crippen molar-refractivity contribution in [2.24, 2.45) is 5.92 Å². The highest BCUT2D eigenvalue weighted by Crippen LogP contribution is 2.22. The van der Waals surface area contributed by atoms with E-state index in [4.69, 9.17) is 0 Å². The number of carbonyl (C=O) groups is 1. The molecule has 1 fully saturated rings. The Morgan fingerprint density at radius 2 is 1.73 bits per heavy atom. The molecule has 1 saturated heterocycles. The Morgan fingerprint density at radius 1 is 1.07 bits per heavy atom. The van der Waals surface area contributed by atoms with Crippen LogP contribution in [0.4, 0.5) is 5.69 Å².